The van der Waals surface area contributed by atoms with Crippen LogP contribution in [0.15, 0.2) is 60.7 Å². The Morgan fingerprint density at radius 1 is 1.00 bits per heavy atom. The summed E-state index contributed by atoms with van der Waals surface area (Å²) < 4.78 is 18.3. The molecule has 0 aromatic heterocycles. The lowest BCUT2D eigenvalue weighted by molar-refractivity contribution is -0.116. The molecule has 1 N–H and O–H groups in total. The highest BCUT2D eigenvalue weighted by atomic mass is 32.2. The number of nitrogens with one attached hydrogen (secondary N) is 1. The maximum atomic E-state index is 12.5. The SMILES string of the molecule is O=C1CCc2cc(OCCS(=O)Cc3cccc4ccccc34)ccc2N1. The molecule has 1 atom stereocenters. The standard InChI is InChI=1S/C22H21NO3S/c24-22-11-8-17-14-19(9-10-21(17)23-22)26-12-13-27(25)15-18-6-3-5-16-4-1-2-7-20(16)18/h1-7,9-10,14H,8,11-13,15H2,(H,23,24). The van der Waals surface area contributed by atoms with E-state index in [1.165, 1.54) is 5.39 Å². The molecule has 0 saturated carbocycles. The van der Waals surface area contributed by atoms with Crippen LogP contribution >= 0.6 is 0 Å². The van der Waals surface area contributed by atoms with E-state index in [0.717, 1.165) is 34.4 Å². The van der Waals surface area contributed by atoms with Crippen LogP contribution in [0.5, 0.6) is 5.75 Å². The van der Waals surface area contributed by atoms with E-state index in [-0.39, 0.29) is 5.91 Å². The number of benzene rings is 3. The Bertz CT molecular complexity index is 1010. The van der Waals surface area contributed by atoms with Crippen molar-refractivity contribution in [3.63, 3.8) is 0 Å². The molecule has 1 aliphatic rings. The van der Waals surface area contributed by atoms with Gasteiger partial charge in [0, 0.05) is 28.7 Å². The van der Waals surface area contributed by atoms with Gasteiger partial charge in [-0.3, -0.25) is 9.00 Å². The van der Waals surface area contributed by atoms with Crippen molar-refractivity contribution in [3.05, 3.63) is 71.8 Å². The fraction of sp³-hybridized carbons (Fsp3) is 0.227. The fourth-order valence-electron chi connectivity index (χ4n) is 3.37. The van der Waals surface area contributed by atoms with Crippen LogP contribution in [0.25, 0.3) is 10.8 Å². The number of amides is 1. The summed E-state index contributed by atoms with van der Waals surface area (Å²) in [6.07, 6.45) is 1.23. The zero-order valence-corrected chi connectivity index (χ0v) is 15.8. The monoisotopic (exact) mass is 379 g/mol. The number of rotatable bonds is 6. The van der Waals surface area contributed by atoms with Gasteiger partial charge in [0.25, 0.3) is 0 Å². The molecule has 138 valence electrons. The minimum atomic E-state index is -0.989. The van der Waals surface area contributed by atoms with E-state index in [1.807, 2.05) is 42.5 Å². The van der Waals surface area contributed by atoms with Gasteiger partial charge in [-0.1, -0.05) is 42.5 Å². The van der Waals surface area contributed by atoms with E-state index in [0.29, 0.717) is 24.5 Å². The van der Waals surface area contributed by atoms with Crippen LogP contribution in [-0.4, -0.2) is 22.5 Å². The summed E-state index contributed by atoms with van der Waals surface area (Å²) in [6.45, 7) is 0.405. The van der Waals surface area contributed by atoms with Crippen molar-refractivity contribution in [2.45, 2.75) is 18.6 Å². The first kappa shape index (κ1) is 17.7. The number of carbonyl (C=O) groups is 1. The molecule has 0 radical (unpaired) electrons. The highest BCUT2D eigenvalue weighted by molar-refractivity contribution is 7.84. The average molecular weight is 379 g/mol. The second kappa shape index (κ2) is 7.92. The molecule has 1 amide bonds. The molecule has 0 bridgehead atoms. The van der Waals surface area contributed by atoms with E-state index in [4.69, 9.17) is 4.74 Å². The molecule has 1 aliphatic heterocycles. The summed E-state index contributed by atoms with van der Waals surface area (Å²) in [5, 5.41) is 5.19. The molecule has 0 fully saturated rings. The number of hydrogen-bond acceptors (Lipinski definition) is 3. The topological polar surface area (TPSA) is 55.4 Å². The van der Waals surface area contributed by atoms with Crippen LogP contribution in [-0.2, 0) is 27.8 Å². The number of anilines is 1. The highest BCUT2D eigenvalue weighted by Crippen LogP contribution is 2.27. The van der Waals surface area contributed by atoms with Gasteiger partial charge in [-0.2, -0.15) is 0 Å². The molecule has 1 heterocycles. The first-order valence-corrected chi connectivity index (χ1v) is 10.5. The third-order valence-electron chi connectivity index (χ3n) is 4.75. The van der Waals surface area contributed by atoms with E-state index in [2.05, 4.69) is 23.5 Å². The van der Waals surface area contributed by atoms with Crippen LogP contribution in [0.4, 0.5) is 5.69 Å². The van der Waals surface area contributed by atoms with Gasteiger partial charge in [0.05, 0.1) is 12.4 Å². The van der Waals surface area contributed by atoms with Gasteiger partial charge in [-0.15, -0.1) is 0 Å². The third kappa shape index (κ3) is 4.19. The highest BCUT2D eigenvalue weighted by Gasteiger charge is 2.15. The smallest absolute Gasteiger partial charge is 0.224 e. The predicted octanol–water partition coefficient (Wildman–Crippen LogP) is 4.05. The van der Waals surface area contributed by atoms with Crippen LogP contribution in [0.1, 0.15) is 17.5 Å². The molecule has 27 heavy (non-hydrogen) atoms. The van der Waals surface area contributed by atoms with Crippen molar-refractivity contribution in [2.75, 3.05) is 17.7 Å². The summed E-state index contributed by atoms with van der Waals surface area (Å²) in [6, 6.07) is 20.0. The van der Waals surface area contributed by atoms with Gasteiger partial charge in [-0.25, -0.2) is 0 Å². The molecule has 5 heteroatoms. The molecule has 4 rings (SSSR count). The average Bonchev–Trinajstić information content (AvgIpc) is 2.68. The van der Waals surface area contributed by atoms with Crippen molar-refractivity contribution in [1.82, 2.24) is 0 Å². The molecule has 3 aromatic carbocycles. The van der Waals surface area contributed by atoms with E-state index in [9.17, 15) is 9.00 Å². The first-order valence-electron chi connectivity index (χ1n) is 9.06. The summed E-state index contributed by atoms with van der Waals surface area (Å²) in [5.74, 6) is 1.82. The molecule has 0 saturated heterocycles. The largest absolute Gasteiger partial charge is 0.493 e. The number of fused-ring (bicyclic) bond motifs is 2. The van der Waals surface area contributed by atoms with Crippen LogP contribution in [0.2, 0.25) is 0 Å². The predicted molar refractivity (Wildman–Crippen MR) is 110 cm³/mol. The molecular formula is C22H21NO3S. The van der Waals surface area contributed by atoms with Crippen LogP contribution < -0.4 is 10.1 Å². The number of hydrogen-bond donors (Lipinski definition) is 1. The van der Waals surface area contributed by atoms with Crippen molar-refractivity contribution >= 4 is 33.2 Å². The maximum Gasteiger partial charge on any atom is 0.224 e. The lowest BCUT2D eigenvalue weighted by Gasteiger charge is -2.17. The Balaban J connectivity index is 1.34. The Hall–Kier alpha value is -2.66. The second-order valence-electron chi connectivity index (χ2n) is 6.64. The van der Waals surface area contributed by atoms with Gasteiger partial charge in [-0.05, 0) is 46.5 Å². The van der Waals surface area contributed by atoms with Crippen molar-refractivity contribution in [3.8, 4) is 5.75 Å². The summed E-state index contributed by atoms with van der Waals surface area (Å²) in [5.41, 5.74) is 3.05. The Morgan fingerprint density at radius 2 is 1.85 bits per heavy atom. The summed E-state index contributed by atoms with van der Waals surface area (Å²) >= 11 is 0. The Labute approximate surface area is 161 Å². The van der Waals surface area contributed by atoms with Crippen LogP contribution in [0, 0.1) is 0 Å². The molecule has 3 aromatic rings. The molecule has 0 spiro atoms. The second-order valence-corrected chi connectivity index (χ2v) is 8.22. The van der Waals surface area contributed by atoms with Gasteiger partial charge in [0.2, 0.25) is 5.91 Å². The van der Waals surface area contributed by atoms with Gasteiger partial charge < -0.3 is 10.1 Å². The molecule has 1 unspecified atom stereocenters. The number of carbonyl (C=O) groups excluding carboxylic acids is 1. The zero-order valence-electron chi connectivity index (χ0n) is 14.9. The van der Waals surface area contributed by atoms with Gasteiger partial charge in [0.1, 0.15) is 5.75 Å². The van der Waals surface area contributed by atoms with Crippen molar-refractivity contribution in [2.24, 2.45) is 0 Å². The number of ether oxygens (including phenoxy) is 1. The minimum absolute atomic E-state index is 0.0556. The quantitative estimate of drug-likeness (QED) is 0.703. The molecule has 0 aliphatic carbocycles. The van der Waals surface area contributed by atoms with E-state index in [1.54, 1.807) is 0 Å². The first-order chi connectivity index (χ1) is 13.2. The van der Waals surface area contributed by atoms with E-state index >= 15 is 0 Å². The van der Waals surface area contributed by atoms with Gasteiger partial charge in [0.15, 0.2) is 0 Å². The van der Waals surface area contributed by atoms with Crippen molar-refractivity contribution < 1.29 is 13.7 Å². The lowest BCUT2D eigenvalue weighted by atomic mass is 10.0. The fourth-order valence-corrected chi connectivity index (χ4v) is 4.38. The summed E-state index contributed by atoms with van der Waals surface area (Å²) in [7, 11) is -0.989. The maximum absolute atomic E-state index is 12.5. The van der Waals surface area contributed by atoms with Crippen LogP contribution in [0.3, 0.4) is 0 Å². The van der Waals surface area contributed by atoms with Crippen molar-refractivity contribution in [1.29, 1.82) is 0 Å². The normalized spacial score (nSPS) is 14.4. The lowest BCUT2D eigenvalue weighted by Crippen LogP contribution is -2.19. The number of aryl methyl sites for hydroxylation is 1. The molecular weight excluding hydrogens is 358 g/mol. The van der Waals surface area contributed by atoms with E-state index < -0.39 is 10.8 Å². The van der Waals surface area contributed by atoms with Gasteiger partial charge >= 0.3 is 0 Å². The Morgan fingerprint density at radius 3 is 2.78 bits per heavy atom. The summed E-state index contributed by atoms with van der Waals surface area (Å²) in [4.78, 5) is 11.4. The third-order valence-corrected chi connectivity index (χ3v) is 6.00. The molecule has 4 nitrogen and oxygen atoms in total. The minimum Gasteiger partial charge on any atom is -0.493 e. The zero-order chi connectivity index (χ0) is 18.6. The Kier molecular flexibility index (Phi) is 5.21.